The average molecular weight is 668 g/mol. The summed E-state index contributed by atoms with van der Waals surface area (Å²) in [6.07, 6.45) is 6.19. The van der Waals surface area contributed by atoms with E-state index >= 15 is 0 Å². The third kappa shape index (κ3) is 10.8. The molecule has 0 N–H and O–H groups in total. The molecule has 9 nitrogen and oxygen atoms in total. The van der Waals surface area contributed by atoms with Crippen LogP contribution in [-0.2, 0) is 38.1 Å². The van der Waals surface area contributed by atoms with Crippen LogP contribution in [0.4, 0.5) is 17.1 Å². The van der Waals surface area contributed by atoms with Crippen LogP contribution >= 0.6 is 0 Å². The highest BCUT2D eigenvalue weighted by atomic mass is 16.6. The Morgan fingerprint density at radius 2 is 0.735 bits per heavy atom. The maximum atomic E-state index is 12.5. The van der Waals surface area contributed by atoms with Crippen LogP contribution in [0.5, 0.6) is 0 Å². The van der Waals surface area contributed by atoms with Gasteiger partial charge in [0, 0.05) is 28.2 Å². The molecule has 0 aromatic heterocycles. The highest BCUT2D eigenvalue weighted by Crippen LogP contribution is 2.35. The number of ether oxygens (including phenoxy) is 4. The lowest BCUT2D eigenvalue weighted by atomic mass is 10.1. The first-order valence-corrected chi connectivity index (χ1v) is 16.6. The van der Waals surface area contributed by atoms with Crippen LogP contribution in [0.1, 0.15) is 71.1 Å². The third-order valence-corrected chi connectivity index (χ3v) is 7.27. The molecule has 3 aromatic rings. The lowest BCUT2D eigenvalue weighted by Crippen LogP contribution is -2.18. The van der Waals surface area contributed by atoms with Gasteiger partial charge in [0.15, 0.2) is 0 Å². The molecular weight excluding hydrogens is 622 g/mol. The Kier molecular flexibility index (Phi) is 15.0. The van der Waals surface area contributed by atoms with Crippen molar-refractivity contribution in [1.29, 1.82) is 0 Å². The van der Waals surface area contributed by atoms with Gasteiger partial charge in [0.2, 0.25) is 0 Å². The van der Waals surface area contributed by atoms with E-state index in [-0.39, 0.29) is 30.7 Å². The first kappa shape index (κ1) is 38.0. The van der Waals surface area contributed by atoms with Crippen molar-refractivity contribution in [2.75, 3.05) is 31.3 Å². The van der Waals surface area contributed by atoms with E-state index in [0.29, 0.717) is 42.8 Å². The molecule has 0 aliphatic carbocycles. The second-order valence-corrected chi connectivity index (χ2v) is 10.6. The van der Waals surface area contributed by atoms with Gasteiger partial charge in [-0.15, -0.1) is 0 Å². The quantitative estimate of drug-likeness (QED) is 0.0489. The van der Waals surface area contributed by atoms with E-state index in [4.69, 9.17) is 18.9 Å². The second kappa shape index (κ2) is 19.4. The number of benzene rings is 3. The molecular formula is C40H45NO8. The van der Waals surface area contributed by atoms with Gasteiger partial charge in [-0.2, -0.15) is 0 Å². The molecule has 0 saturated heterocycles. The summed E-state index contributed by atoms with van der Waals surface area (Å²) in [6.45, 7) is 11.6. The van der Waals surface area contributed by atoms with Crippen LogP contribution in [0.15, 0.2) is 89.5 Å². The molecule has 0 atom stereocenters. The number of esters is 4. The van der Waals surface area contributed by atoms with Crippen LogP contribution in [0.2, 0.25) is 0 Å². The molecule has 0 aliphatic heterocycles. The molecule has 0 saturated carbocycles. The first-order valence-electron chi connectivity index (χ1n) is 16.6. The van der Waals surface area contributed by atoms with Gasteiger partial charge in [0.1, 0.15) is 5.57 Å². The molecule has 3 rings (SSSR count). The number of anilines is 3. The van der Waals surface area contributed by atoms with Crippen LogP contribution in [-0.4, -0.2) is 50.3 Å². The van der Waals surface area contributed by atoms with Crippen LogP contribution < -0.4 is 4.90 Å². The number of hydrogen-bond acceptors (Lipinski definition) is 9. The van der Waals surface area contributed by atoms with Crippen molar-refractivity contribution < 1.29 is 38.1 Å². The van der Waals surface area contributed by atoms with E-state index < -0.39 is 11.9 Å². The monoisotopic (exact) mass is 667 g/mol. The Morgan fingerprint density at radius 3 is 1.02 bits per heavy atom. The third-order valence-electron chi connectivity index (χ3n) is 7.27. The highest BCUT2D eigenvalue weighted by molar-refractivity contribution is 6.17. The molecule has 0 aliphatic rings. The predicted octanol–water partition coefficient (Wildman–Crippen LogP) is 8.38. The van der Waals surface area contributed by atoms with E-state index in [1.54, 1.807) is 39.8 Å². The molecule has 3 aromatic carbocycles. The first-order chi connectivity index (χ1) is 23.7. The SMILES string of the molecule is CCOC(=O)C(=Cc1ccc(N(c2ccc(/C=C(/CC)C(=O)OCC)cc2)c2ccc(/C=C(\CC)C(=O)OCC)cc2)cc1)C(=O)OCC. The average Bonchev–Trinajstić information content (AvgIpc) is 3.10. The van der Waals surface area contributed by atoms with Crippen molar-refractivity contribution in [3.8, 4) is 0 Å². The number of carbonyl (C=O) groups is 4. The standard InChI is InChI=1S/C40H45NO8/c1-7-31(37(42)46-9-3)25-28-13-19-33(20-14-28)41(34-21-15-29(16-22-34)26-32(8-2)38(43)47-10-4)35-23-17-30(18-24-35)27-36(39(44)48-11-5)40(45)49-12-6/h13-27H,7-12H2,1-6H3/b31-25-,32-26+. The zero-order valence-electron chi connectivity index (χ0n) is 29.1. The maximum Gasteiger partial charge on any atom is 0.345 e. The molecule has 0 heterocycles. The molecule has 0 fully saturated rings. The number of rotatable bonds is 16. The van der Waals surface area contributed by atoms with Gasteiger partial charge in [-0.05, 0) is 112 Å². The Labute approximate surface area is 288 Å². The summed E-state index contributed by atoms with van der Waals surface area (Å²) < 4.78 is 20.5. The minimum absolute atomic E-state index is 0.123. The summed E-state index contributed by atoms with van der Waals surface area (Å²) >= 11 is 0. The van der Waals surface area contributed by atoms with E-state index in [2.05, 4.69) is 0 Å². The molecule has 9 heteroatoms. The molecule has 0 spiro atoms. The minimum Gasteiger partial charge on any atom is -0.463 e. The predicted molar refractivity (Wildman–Crippen MR) is 192 cm³/mol. The number of hydrogen-bond donors (Lipinski definition) is 0. The summed E-state index contributed by atoms with van der Waals surface area (Å²) in [5.41, 5.74) is 5.78. The van der Waals surface area contributed by atoms with E-state index in [0.717, 1.165) is 28.2 Å². The Hall–Kier alpha value is -5.44. The van der Waals surface area contributed by atoms with Crippen LogP contribution in [0, 0.1) is 0 Å². The summed E-state index contributed by atoms with van der Waals surface area (Å²) in [4.78, 5) is 51.8. The second-order valence-electron chi connectivity index (χ2n) is 10.6. The van der Waals surface area contributed by atoms with Gasteiger partial charge >= 0.3 is 23.9 Å². The molecule has 0 radical (unpaired) electrons. The normalized spacial score (nSPS) is 11.3. The van der Waals surface area contributed by atoms with Gasteiger partial charge in [0.25, 0.3) is 0 Å². The van der Waals surface area contributed by atoms with Crippen LogP contribution in [0.25, 0.3) is 18.2 Å². The Morgan fingerprint density at radius 1 is 0.449 bits per heavy atom. The van der Waals surface area contributed by atoms with E-state index in [1.807, 2.05) is 91.6 Å². The van der Waals surface area contributed by atoms with Gasteiger partial charge < -0.3 is 23.8 Å². The smallest absolute Gasteiger partial charge is 0.345 e. The molecule has 49 heavy (non-hydrogen) atoms. The zero-order chi connectivity index (χ0) is 35.8. The lowest BCUT2D eigenvalue weighted by Gasteiger charge is -2.26. The van der Waals surface area contributed by atoms with Crippen molar-refractivity contribution >= 4 is 59.2 Å². The van der Waals surface area contributed by atoms with Gasteiger partial charge in [-0.1, -0.05) is 50.2 Å². The Bertz CT molecular complexity index is 1570. The van der Waals surface area contributed by atoms with Gasteiger partial charge in [-0.3, -0.25) is 0 Å². The highest BCUT2D eigenvalue weighted by Gasteiger charge is 2.21. The number of nitrogens with zero attached hydrogens (tertiary/aromatic N) is 1. The fraction of sp³-hybridized carbons (Fsp3) is 0.300. The van der Waals surface area contributed by atoms with Gasteiger partial charge in [-0.25, -0.2) is 19.2 Å². The lowest BCUT2D eigenvalue weighted by molar-refractivity contribution is -0.146. The summed E-state index contributed by atoms with van der Waals surface area (Å²) in [5.74, 6) is -2.17. The largest absolute Gasteiger partial charge is 0.463 e. The van der Waals surface area contributed by atoms with Gasteiger partial charge in [0.05, 0.1) is 26.4 Å². The van der Waals surface area contributed by atoms with E-state index in [9.17, 15) is 19.2 Å². The Balaban J connectivity index is 2.07. The number of carbonyl (C=O) groups excluding carboxylic acids is 4. The molecule has 258 valence electrons. The summed E-state index contributed by atoms with van der Waals surface area (Å²) in [5, 5.41) is 0. The van der Waals surface area contributed by atoms with Crippen LogP contribution in [0.3, 0.4) is 0 Å². The van der Waals surface area contributed by atoms with Crippen molar-refractivity contribution in [2.24, 2.45) is 0 Å². The summed E-state index contributed by atoms with van der Waals surface area (Å²) in [6, 6.07) is 22.9. The van der Waals surface area contributed by atoms with Crippen molar-refractivity contribution in [1.82, 2.24) is 0 Å². The molecule has 0 amide bonds. The van der Waals surface area contributed by atoms with Crippen molar-refractivity contribution in [3.05, 3.63) is 106 Å². The maximum absolute atomic E-state index is 12.5. The minimum atomic E-state index is -0.752. The fourth-order valence-corrected chi connectivity index (χ4v) is 4.85. The molecule has 0 unspecified atom stereocenters. The van der Waals surface area contributed by atoms with Crippen molar-refractivity contribution in [2.45, 2.75) is 54.4 Å². The van der Waals surface area contributed by atoms with E-state index in [1.165, 1.54) is 6.08 Å². The molecule has 0 bridgehead atoms. The topological polar surface area (TPSA) is 108 Å². The van der Waals surface area contributed by atoms with Crippen molar-refractivity contribution in [3.63, 3.8) is 0 Å². The zero-order valence-corrected chi connectivity index (χ0v) is 29.1. The summed E-state index contributed by atoms with van der Waals surface area (Å²) in [7, 11) is 0. The fourth-order valence-electron chi connectivity index (χ4n) is 4.85.